The molecular formula is C20H22N2O3. The van der Waals surface area contributed by atoms with E-state index in [-0.39, 0.29) is 24.2 Å². The lowest BCUT2D eigenvalue weighted by molar-refractivity contribution is -0.122. The predicted molar refractivity (Wildman–Crippen MR) is 98.0 cm³/mol. The van der Waals surface area contributed by atoms with E-state index < -0.39 is 0 Å². The van der Waals surface area contributed by atoms with Crippen LogP contribution in [-0.2, 0) is 9.59 Å². The molecule has 1 saturated heterocycles. The molecule has 1 unspecified atom stereocenters. The Kier molecular flexibility index (Phi) is 4.74. The lowest BCUT2D eigenvalue weighted by atomic mass is 10.1. The number of hydrogen-bond acceptors (Lipinski definition) is 3. The molecule has 0 radical (unpaired) electrons. The molecule has 0 saturated carbocycles. The van der Waals surface area contributed by atoms with Crippen molar-refractivity contribution in [3.05, 3.63) is 53.6 Å². The van der Waals surface area contributed by atoms with Gasteiger partial charge in [0.2, 0.25) is 11.8 Å². The van der Waals surface area contributed by atoms with E-state index in [2.05, 4.69) is 5.32 Å². The second-order valence-electron chi connectivity index (χ2n) is 6.38. The van der Waals surface area contributed by atoms with Gasteiger partial charge in [-0.05, 0) is 37.6 Å². The second kappa shape index (κ2) is 6.97. The van der Waals surface area contributed by atoms with Crippen LogP contribution in [0.25, 0.3) is 0 Å². The van der Waals surface area contributed by atoms with Gasteiger partial charge >= 0.3 is 0 Å². The second-order valence-corrected chi connectivity index (χ2v) is 6.38. The molecular weight excluding hydrogens is 316 g/mol. The molecule has 0 aliphatic carbocycles. The van der Waals surface area contributed by atoms with Crippen molar-refractivity contribution in [2.45, 2.75) is 20.3 Å². The maximum absolute atomic E-state index is 12.6. The Morgan fingerprint density at radius 3 is 2.68 bits per heavy atom. The highest BCUT2D eigenvalue weighted by atomic mass is 16.5. The summed E-state index contributed by atoms with van der Waals surface area (Å²) in [6, 6.07) is 13.2. The molecule has 3 rings (SSSR count). The van der Waals surface area contributed by atoms with Crippen LogP contribution in [0, 0.1) is 19.8 Å². The Hall–Kier alpha value is -2.82. The molecule has 1 atom stereocenters. The smallest absolute Gasteiger partial charge is 0.229 e. The maximum atomic E-state index is 12.6. The summed E-state index contributed by atoms with van der Waals surface area (Å²) in [5.41, 5.74) is 3.69. The summed E-state index contributed by atoms with van der Waals surface area (Å²) >= 11 is 0. The molecule has 5 heteroatoms. The van der Waals surface area contributed by atoms with Gasteiger partial charge in [-0.2, -0.15) is 0 Å². The van der Waals surface area contributed by atoms with E-state index in [1.165, 1.54) is 0 Å². The molecule has 1 N–H and O–H groups in total. The molecule has 25 heavy (non-hydrogen) atoms. The summed E-state index contributed by atoms with van der Waals surface area (Å²) in [6.45, 7) is 4.40. The maximum Gasteiger partial charge on any atom is 0.229 e. The van der Waals surface area contributed by atoms with Crippen LogP contribution >= 0.6 is 0 Å². The van der Waals surface area contributed by atoms with Crippen LogP contribution in [0.4, 0.5) is 11.4 Å². The Labute approximate surface area is 147 Å². The fourth-order valence-corrected chi connectivity index (χ4v) is 3.21. The minimum Gasteiger partial charge on any atom is -0.495 e. The zero-order chi connectivity index (χ0) is 18.0. The van der Waals surface area contributed by atoms with Gasteiger partial charge in [0.05, 0.1) is 18.7 Å². The monoisotopic (exact) mass is 338 g/mol. The third-order valence-electron chi connectivity index (χ3n) is 4.50. The lowest BCUT2D eigenvalue weighted by Gasteiger charge is -2.19. The fraction of sp³-hybridized carbons (Fsp3) is 0.300. The number of amides is 2. The quantitative estimate of drug-likeness (QED) is 0.930. The van der Waals surface area contributed by atoms with Crippen molar-refractivity contribution in [1.82, 2.24) is 0 Å². The molecule has 0 aromatic heterocycles. The fourth-order valence-electron chi connectivity index (χ4n) is 3.21. The molecule has 1 fully saturated rings. The van der Waals surface area contributed by atoms with Gasteiger partial charge in [0, 0.05) is 18.7 Å². The van der Waals surface area contributed by atoms with E-state index >= 15 is 0 Å². The number of nitrogens with zero attached hydrogens (tertiary/aromatic N) is 1. The molecule has 1 heterocycles. The van der Waals surface area contributed by atoms with Crippen molar-refractivity contribution < 1.29 is 14.3 Å². The minimum atomic E-state index is -0.377. The van der Waals surface area contributed by atoms with Gasteiger partial charge in [-0.3, -0.25) is 9.59 Å². The number of carbonyl (C=O) groups excluding carboxylic acids is 2. The van der Waals surface area contributed by atoms with Gasteiger partial charge in [-0.1, -0.05) is 29.8 Å². The first-order valence-electron chi connectivity index (χ1n) is 8.31. The van der Waals surface area contributed by atoms with Crippen molar-refractivity contribution >= 4 is 23.2 Å². The van der Waals surface area contributed by atoms with Crippen LogP contribution < -0.4 is 15.0 Å². The Morgan fingerprint density at radius 1 is 1.20 bits per heavy atom. The van der Waals surface area contributed by atoms with Crippen LogP contribution in [0.15, 0.2) is 42.5 Å². The third kappa shape index (κ3) is 3.50. The molecule has 1 aliphatic rings. The van der Waals surface area contributed by atoms with Crippen LogP contribution in [0.2, 0.25) is 0 Å². The average Bonchev–Trinajstić information content (AvgIpc) is 2.97. The van der Waals surface area contributed by atoms with Crippen LogP contribution in [0.1, 0.15) is 17.5 Å². The third-order valence-corrected chi connectivity index (χ3v) is 4.50. The molecule has 1 aliphatic heterocycles. The van der Waals surface area contributed by atoms with Crippen LogP contribution in [-0.4, -0.2) is 25.5 Å². The number of aryl methyl sites for hydroxylation is 2. The lowest BCUT2D eigenvalue weighted by Crippen LogP contribution is -2.28. The number of rotatable bonds is 4. The van der Waals surface area contributed by atoms with E-state index in [1.54, 1.807) is 24.1 Å². The largest absolute Gasteiger partial charge is 0.495 e. The van der Waals surface area contributed by atoms with Gasteiger partial charge in [0.25, 0.3) is 0 Å². The van der Waals surface area contributed by atoms with Crippen molar-refractivity contribution in [1.29, 1.82) is 0 Å². The molecule has 2 aromatic carbocycles. The Balaban J connectivity index is 1.74. The van der Waals surface area contributed by atoms with Crippen molar-refractivity contribution in [2.24, 2.45) is 5.92 Å². The standard InChI is InChI=1S/C20H22N2O3/c1-13-8-9-17(14(2)10-13)22-12-15(11-19(22)23)20(24)21-16-6-4-5-7-18(16)25-3/h4-10,15H,11-12H2,1-3H3,(H,21,24). The number of methoxy groups -OCH3 is 1. The summed E-state index contributed by atoms with van der Waals surface area (Å²) in [5.74, 6) is 0.0433. The predicted octanol–water partition coefficient (Wildman–Crippen LogP) is 3.30. The van der Waals surface area contributed by atoms with E-state index in [9.17, 15) is 9.59 Å². The van der Waals surface area contributed by atoms with Crippen LogP contribution in [0.5, 0.6) is 5.75 Å². The zero-order valence-corrected chi connectivity index (χ0v) is 14.7. The van der Waals surface area contributed by atoms with Gasteiger partial charge in [0.15, 0.2) is 0 Å². The normalized spacial score (nSPS) is 16.8. The van der Waals surface area contributed by atoms with E-state index in [4.69, 9.17) is 4.74 Å². The Morgan fingerprint density at radius 2 is 1.96 bits per heavy atom. The van der Waals surface area contributed by atoms with Gasteiger partial charge < -0.3 is 15.0 Å². The average molecular weight is 338 g/mol. The van der Waals surface area contributed by atoms with Gasteiger partial charge in [-0.15, -0.1) is 0 Å². The highest BCUT2D eigenvalue weighted by Crippen LogP contribution is 2.30. The van der Waals surface area contributed by atoms with E-state index in [0.717, 1.165) is 16.8 Å². The number of benzene rings is 2. The zero-order valence-electron chi connectivity index (χ0n) is 14.7. The van der Waals surface area contributed by atoms with Crippen LogP contribution in [0.3, 0.4) is 0 Å². The van der Waals surface area contributed by atoms with Gasteiger partial charge in [0.1, 0.15) is 5.75 Å². The molecule has 130 valence electrons. The summed E-state index contributed by atoms with van der Waals surface area (Å²) in [5, 5.41) is 2.88. The van der Waals surface area contributed by atoms with Crippen molar-refractivity contribution in [3.8, 4) is 5.75 Å². The highest BCUT2D eigenvalue weighted by molar-refractivity contribution is 6.04. The number of anilines is 2. The summed E-state index contributed by atoms with van der Waals surface area (Å²) in [7, 11) is 1.56. The first-order valence-corrected chi connectivity index (χ1v) is 8.31. The number of nitrogens with one attached hydrogen (secondary N) is 1. The molecule has 5 nitrogen and oxygen atoms in total. The summed E-state index contributed by atoms with van der Waals surface area (Å²) in [4.78, 5) is 26.7. The number of ether oxygens (including phenoxy) is 1. The Bertz CT molecular complexity index is 816. The first-order chi connectivity index (χ1) is 12.0. The first kappa shape index (κ1) is 17.0. The minimum absolute atomic E-state index is 0.0212. The summed E-state index contributed by atoms with van der Waals surface area (Å²) in [6.07, 6.45) is 0.217. The van der Waals surface area contributed by atoms with E-state index in [1.807, 2.05) is 44.2 Å². The number of hydrogen-bond donors (Lipinski definition) is 1. The highest BCUT2D eigenvalue weighted by Gasteiger charge is 2.35. The van der Waals surface area contributed by atoms with Gasteiger partial charge in [-0.25, -0.2) is 0 Å². The SMILES string of the molecule is COc1ccccc1NC(=O)C1CC(=O)N(c2ccc(C)cc2C)C1. The molecule has 2 aromatic rings. The molecule has 0 bridgehead atoms. The molecule has 0 spiro atoms. The van der Waals surface area contributed by atoms with Crippen molar-refractivity contribution in [3.63, 3.8) is 0 Å². The topological polar surface area (TPSA) is 58.6 Å². The van der Waals surface area contributed by atoms with Crippen molar-refractivity contribution in [2.75, 3.05) is 23.9 Å². The number of carbonyl (C=O) groups is 2. The summed E-state index contributed by atoms with van der Waals surface area (Å²) < 4.78 is 5.26. The number of para-hydroxylation sites is 2. The van der Waals surface area contributed by atoms with E-state index in [0.29, 0.717) is 18.0 Å². The molecule has 2 amide bonds.